The lowest BCUT2D eigenvalue weighted by Crippen LogP contribution is -2.26. The molecule has 0 N–H and O–H groups in total. The standard InChI is InChI=1S/C16H11ClN2O3S/c17-11-6-2-4-8-13(11)19-15(22)10-5-1-3-7-12(10)18-16(19)23-9-14(20)21/h1-8H,9H2,(H,20,21)/p-1. The number of carbonyl (C=O) groups excluding carboxylic acids is 1. The first-order chi connectivity index (χ1) is 11.1. The van der Waals surface area contributed by atoms with Crippen LogP contribution in [0.2, 0.25) is 5.02 Å². The number of aliphatic carboxylic acids is 1. The van der Waals surface area contributed by atoms with Crippen molar-refractivity contribution >= 4 is 40.2 Å². The van der Waals surface area contributed by atoms with Gasteiger partial charge in [-0.15, -0.1) is 0 Å². The Morgan fingerprint density at radius 3 is 2.61 bits per heavy atom. The second-order valence-corrected chi connectivity index (χ2v) is 6.01. The molecule has 0 atom stereocenters. The number of thioether (sulfide) groups is 1. The second-order valence-electron chi connectivity index (χ2n) is 4.66. The number of rotatable bonds is 4. The number of benzene rings is 2. The smallest absolute Gasteiger partial charge is 0.266 e. The zero-order valence-corrected chi connectivity index (χ0v) is 13.3. The van der Waals surface area contributed by atoms with Crippen LogP contribution in [0.4, 0.5) is 0 Å². The maximum Gasteiger partial charge on any atom is 0.266 e. The molecule has 7 heteroatoms. The number of aromatic nitrogens is 2. The molecule has 1 heterocycles. The Kier molecular flexibility index (Phi) is 4.36. The van der Waals surface area contributed by atoms with Crippen LogP contribution in [0.15, 0.2) is 58.5 Å². The zero-order chi connectivity index (χ0) is 16.4. The molecule has 0 unspecified atom stereocenters. The van der Waals surface area contributed by atoms with Crippen LogP contribution in [0, 0.1) is 0 Å². The van der Waals surface area contributed by atoms with E-state index in [4.69, 9.17) is 11.6 Å². The number of halogens is 1. The number of hydrogen-bond donors (Lipinski definition) is 0. The highest BCUT2D eigenvalue weighted by atomic mass is 35.5. The topological polar surface area (TPSA) is 75.0 Å². The summed E-state index contributed by atoms with van der Waals surface area (Å²) < 4.78 is 1.33. The van der Waals surface area contributed by atoms with Crippen molar-refractivity contribution in [3.8, 4) is 5.69 Å². The molecule has 0 fully saturated rings. The zero-order valence-electron chi connectivity index (χ0n) is 11.7. The maximum absolute atomic E-state index is 12.8. The van der Waals surface area contributed by atoms with Gasteiger partial charge in [0.05, 0.1) is 27.6 Å². The van der Waals surface area contributed by atoms with E-state index in [-0.39, 0.29) is 16.5 Å². The van der Waals surface area contributed by atoms with Crippen LogP contribution >= 0.6 is 23.4 Å². The minimum atomic E-state index is -1.23. The Bertz CT molecular complexity index is 955. The van der Waals surface area contributed by atoms with Gasteiger partial charge >= 0.3 is 0 Å². The Labute approximate surface area is 140 Å². The van der Waals surface area contributed by atoms with E-state index in [2.05, 4.69) is 4.98 Å². The third kappa shape index (κ3) is 3.09. The highest BCUT2D eigenvalue weighted by Gasteiger charge is 2.15. The van der Waals surface area contributed by atoms with E-state index in [1.54, 1.807) is 48.5 Å². The van der Waals surface area contributed by atoms with Gasteiger partial charge < -0.3 is 9.90 Å². The Balaban J connectivity index is 2.30. The van der Waals surface area contributed by atoms with E-state index >= 15 is 0 Å². The van der Waals surface area contributed by atoms with E-state index in [0.29, 0.717) is 21.6 Å². The first-order valence-electron chi connectivity index (χ1n) is 6.67. The molecule has 5 nitrogen and oxygen atoms in total. The van der Waals surface area contributed by atoms with Crippen LogP contribution in [0.25, 0.3) is 16.6 Å². The summed E-state index contributed by atoms with van der Waals surface area (Å²) in [5.74, 6) is -1.54. The number of hydrogen-bond acceptors (Lipinski definition) is 5. The van der Waals surface area contributed by atoms with Gasteiger partial charge in [-0.3, -0.25) is 9.36 Å². The minimum Gasteiger partial charge on any atom is -0.549 e. The van der Waals surface area contributed by atoms with Gasteiger partial charge in [0.1, 0.15) is 0 Å². The molecular weight excluding hydrogens is 336 g/mol. The van der Waals surface area contributed by atoms with Gasteiger partial charge in [-0.2, -0.15) is 0 Å². The van der Waals surface area contributed by atoms with Crippen LogP contribution in [0.1, 0.15) is 0 Å². The van der Waals surface area contributed by atoms with Crippen LogP contribution < -0.4 is 10.7 Å². The largest absolute Gasteiger partial charge is 0.549 e. The maximum atomic E-state index is 12.8. The Morgan fingerprint density at radius 2 is 1.87 bits per heavy atom. The molecule has 0 aliphatic carbocycles. The van der Waals surface area contributed by atoms with Gasteiger partial charge in [0.15, 0.2) is 5.16 Å². The summed E-state index contributed by atoms with van der Waals surface area (Å²) in [4.78, 5) is 28.0. The summed E-state index contributed by atoms with van der Waals surface area (Å²) in [5, 5.41) is 11.8. The highest BCUT2D eigenvalue weighted by Crippen LogP contribution is 2.25. The Morgan fingerprint density at radius 1 is 1.17 bits per heavy atom. The fourth-order valence-corrected chi connectivity index (χ4v) is 3.12. The van der Waals surface area contributed by atoms with E-state index in [1.807, 2.05) is 0 Å². The number of carboxylic acids is 1. The van der Waals surface area contributed by atoms with E-state index < -0.39 is 5.97 Å². The summed E-state index contributed by atoms with van der Waals surface area (Å²) in [6.07, 6.45) is 0. The van der Waals surface area contributed by atoms with Crippen LogP contribution in [0.5, 0.6) is 0 Å². The predicted octanol–water partition coefficient (Wildman–Crippen LogP) is 1.88. The van der Waals surface area contributed by atoms with Crippen molar-refractivity contribution in [2.45, 2.75) is 5.16 Å². The molecule has 0 aliphatic rings. The quantitative estimate of drug-likeness (QED) is 0.533. The van der Waals surface area contributed by atoms with Crippen molar-refractivity contribution in [1.82, 2.24) is 9.55 Å². The van der Waals surface area contributed by atoms with Crippen molar-refractivity contribution in [3.05, 3.63) is 63.9 Å². The van der Waals surface area contributed by atoms with Crippen LogP contribution in [-0.4, -0.2) is 21.3 Å². The SMILES string of the molecule is O=C([O-])CSc1nc2ccccc2c(=O)n1-c1ccccc1Cl. The average Bonchev–Trinajstić information content (AvgIpc) is 2.54. The number of carbonyl (C=O) groups is 1. The van der Waals surface area contributed by atoms with Gasteiger partial charge in [0, 0.05) is 5.75 Å². The lowest BCUT2D eigenvalue weighted by Gasteiger charge is -2.14. The lowest BCUT2D eigenvalue weighted by molar-refractivity contribution is -0.301. The molecule has 0 saturated heterocycles. The van der Waals surface area contributed by atoms with Crippen molar-refractivity contribution < 1.29 is 9.90 Å². The first-order valence-corrected chi connectivity index (χ1v) is 8.03. The predicted molar refractivity (Wildman–Crippen MR) is 88.1 cm³/mol. The third-order valence-electron chi connectivity index (χ3n) is 3.16. The van der Waals surface area contributed by atoms with E-state index in [9.17, 15) is 14.7 Å². The summed E-state index contributed by atoms with van der Waals surface area (Å²) >= 11 is 7.11. The monoisotopic (exact) mass is 345 g/mol. The van der Waals surface area contributed by atoms with Crippen molar-refractivity contribution in [2.24, 2.45) is 0 Å². The van der Waals surface area contributed by atoms with E-state index in [1.165, 1.54) is 4.57 Å². The molecule has 0 bridgehead atoms. The summed E-state index contributed by atoms with van der Waals surface area (Å²) in [7, 11) is 0. The number of fused-ring (bicyclic) bond motifs is 1. The Hall–Kier alpha value is -2.31. The van der Waals surface area contributed by atoms with Gasteiger partial charge in [-0.05, 0) is 24.3 Å². The minimum absolute atomic E-state index is 0.256. The number of carboxylic acid groups (broad SMARTS) is 1. The molecule has 0 aliphatic heterocycles. The number of para-hydroxylation sites is 2. The first kappa shape index (κ1) is 15.6. The molecule has 0 spiro atoms. The average molecular weight is 346 g/mol. The molecule has 3 aromatic rings. The molecule has 23 heavy (non-hydrogen) atoms. The number of nitrogens with zero attached hydrogens (tertiary/aromatic N) is 2. The molecule has 116 valence electrons. The van der Waals surface area contributed by atoms with Crippen molar-refractivity contribution in [3.63, 3.8) is 0 Å². The lowest BCUT2D eigenvalue weighted by atomic mass is 10.2. The summed E-state index contributed by atoms with van der Waals surface area (Å²) in [5.41, 5.74) is 0.657. The molecular formula is C16H10ClN2O3S-. The van der Waals surface area contributed by atoms with Gasteiger partial charge in [0.2, 0.25) is 0 Å². The summed E-state index contributed by atoms with van der Waals surface area (Å²) in [6.45, 7) is 0. The van der Waals surface area contributed by atoms with Crippen molar-refractivity contribution in [1.29, 1.82) is 0 Å². The third-order valence-corrected chi connectivity index (χ3v) is 4.39. The normalized spacial score (nSPS) is 10.8. The van der Waals surface area contributed by atoms with Crippen LogP contribution in [0.3, 0.4) is 0 Å². The van der Waals surface area contributed by atoms with Gasteiger partial charge in [0.25, 0.3) is 5.56 Å². The molecule has 1 aromatic heterocycles. The highest BCUT2D eigenvalue weighted by molar-refractivity contribution is 7.99. The van der Waals surface area contributed by atoms with Crippen LogP contribution in [-0.2, 0) is 4.79 Å². The molecule has 0 amide bonds. The summed E-state index contributed by atoms with van der Waals surface area (Å²) in [6, 6.07) is 13.7. The second kappa shape index (κ2) is 6.44. The van der Waals surface area contributed by atoms with E-state index in [0.717, 1.165) is 11.8 Å². The molecule has 0 saturated carbocycles. The fraction of sp³-hybridized carbons (Fsp3) is 0.0625. The van der Waals surface area contributed by atoms with Gasteiger partial charge in [-0.1, -0.05) is 47.6 Å². The fourth-order valence-electron chi connectivity index (χ4n) is 2.18. The van der Waals surface area contributed by atoms with Gasteiger partial charge in [-0.25, -0.2) is 4.98 Å². The molecule has 3 rings (SSSR count). The molecule has 0 radical (unpaired) electrons. The molecule has 2 aromatic carbocycles. The van der Waals surface area contributed by atoms with Crippen molar-refractivity contribution in [2.75, 3.05) is 5.75 Å².